The number of hydrogen-bond donors (Lipinski definition) is 2. The molecule has 1 aromatic heterocycles. The number of aromatic amines is 2. The van der Waals surface area contributed by atoms with Crippen molar-refractivity contribution in [1.29, 1.82) is 0 Å². The van der Waals surface area contributed by atoms with Crippen LogP contribution >= 0.6 is 23.8 Å². The average Bonchev–Trinajstić information content (AvgIpc) is 2.94. The minimum absolute atomic E-state index is 0.154. The highest BCUT2D eigenvalue weighted by Gasteiger charge is 2.24. The van der Waals surface area contributed by atoms with Gasteiger partial charge in [0.05, 0.1) is 30.0 Å². The minimum atomic E-state index is -0.154. The predicted octanol–water partition coefficient (Wildman–Crippen LogP) is 3.19. The molecule has 2 N–H and O–H groups in total. The second kappa shape index (κ2) is 6.11. The topological polar surface area (TPSA) is 56.4 Å². The number of imidazole rings is 1. The number of halogens is 1. The molecule has 0 amide bonds. The number of aliphatic imine (C=N–C) groups is 1. The maximum Gasteiger partial charge on any atom is 0.176 e. The SMILES string of the molecule is S=c1[nH]c2c([nH]1)N=C(c1ccc(N3CCOCC3)cc1)C(Cl)C2. The molecule has 7 heteroatoms. The summed E-state index contributed by atoms with van der Waals surface area (Å²) in [6, 6.07) is 8.43. The third kappa shape index (κ3) is 2.94. The molecular formula is C16H17ClN4OS. The molecule has 1 atom stereocenters. The zero-order chi connectivity index (χ0) is 15.8. The molecule has 5 nitrogen and oxygen atoms in total. The largest absolute Gasteiger partial charge is 0.378 e. The van der Waals surface area contributed by atoms with Gasteiger partial charge in [-0.3, -0.25) is 0 Å². The van der Waals surface area contributed by atoms with Gasteiger partial charge in [-0.2, -0.15) is 0 Å². The van der Waals surface area contributed by atoms with E-state index in [2.05, 4.69) is 44.1 Å². The van der Waals surface area contributed by atoms with E-state index in [1.807, 2.05) is 0 Å². The van der Waals surface area contributed by atoms with Gasteiger partial charge < -0.3 is 19.6 Å². The first-order valence-corrected chi connectivity index (χ1v) is 8.52. The van der Waals surface area contributed by atoms with E-state index in [9.17, 15) is 0 Å². The lowest BCUT2D eigenvalue weighted by molar-refractivity contribution is 0.122. The van der Waals surface area contributed by atoms with Gasteiger partial charge in [0.25, 0.3) is 0 Å². The van der Waals surface area contributed by atoms with E-state index in [-0.39, 0.29) is 5.38 Å². The molecule has 0 aliphatic carbocycles. The van der Waals surface area contributed by atoms with Crippen molar-refractivity contribution >= 4 is 41.0 Å². The van der Waals surface area contributed by atoms with Crippen LogP contribution in [0.25, 0.3) is 0 Å². The lowest BCUT2D eigenvalue weighted by atomic mass is 10.0. The molecule has 3 heterocycles. The van der Waals surface area contributed by atoms with Crippen molar-refractivity contribution in [3.63, 3.8) is 0 Å². The number of alkyl halides is 1. The number of ether oxygens (including phenoxy) is 1. The van der Waals surface area contributed by atoms with E-state index in [1.54, 1.807) is 0 Å². The van der Waals surface area contributed by atoms with Gasteiger partial charge in [0.1, 0.15) is 0 Å². The Bertz CT molecular complexity index is 789. The van der Waals surface area contributed by atoms with Crippen LogP contribution in [0.3, 0.4) is 0 Å². The number of fused-ring (bicyclic) bond motifs is 1. The van der Waals surface area contributed by atoms with E-state index in [0.717, 1.165) is 49.1 Å². The van der Waals surface area contributed by atoms with Crippen molar-refractivity contribution in [2.24, 2.45) is 4.99 Å². The predicted molar refractivity (Wildman–Crippen MR) is 95.0 cm³/mol. The number of nitrogens with zero attached hydrogens (tertiary/aromatic N) is 2. The Morgan fingerprint density at radius 3 is 2.65 bits per heavy atom. The summed E-state index contributed by atoms with van der Waals surface area (Å²) in [6.45, 7) is 3.44. The van der Waals surface area contributed by atoms with E-state index in [4.69, 9.17) is 28.6 Å². The number of rotatable bonds is 2. The minimum Gasteiger partial charge on any atom is -0.378 e. The molecule has 0 saturated carbocycles. The van der Waals surface area contributed by atoms with Gasteiger partial charge in [-0.15, -0.1) is 11.6 Å². The molecule has 120 valence electrons. The molecule has 0 bridgehead atoms. The summed E-state index contributed by atoms with van der Waals surface area (Å²) in [5.41, 5.74) is 4.12. The van der Waals surface area contributed by atoms with Crippen molar-refractivity contribution < 1.29 is 4.74 Å². The standard InChI is InChI=1S/C16H17ClN4OS/c17-12-9-13-15(20-16(23)18-13)19-14(12)10-1-3-11(4-2-10)21-5-7-22-8-6-21/h1-4,12H,5-9H2,(H2,18,20,23). The first kappa shape index (κ1) is 14.9. The number of anilines is 1. The maximum absolute atomic E-state index is 6.52. The quantitative estimate of drug-likeness (QED) is 0.647. The van der Waals surface area contributed by atoms with Gasteiger partial charge in [-0.1, -0.05) is 12.1 Å². The second-order valence-corrected chi connectivity index (χ2v) is 6.66. The Morgan fingerprint density at radius 1 is 1.17 bits per heavy atom. The van der Waals surface area contributed by atoms with E-state index < -0.39 is 0 Å². The molecule has 0 radical (unpaired) electrons. The highest BCUT2D eigenvalue weighted by atomic mass is 35.5. The molecule has 1 fully saturated rings. The van der Waals surface area contributed by atoms with Crippen molar-refractivity contribution in [3.05, 3.63) is 40.3 Å². The Morgan fingerprint density at radius 2 is 1.91 bits per heavy atom. The van der Waals surface area contributed by atoms with Crippen LogP contribution < -0.4 is 4.90 Å². The van der Waals surface area contributed by atoms with Crippen LogP contribution in [0.15, 0.2) is 29.3 Å². The van der Waals surface area contributed by atoms with Crippen LogP contribution in [0.1, 0.15) is 11.3 Å². The number of aromatic nitrogens is 2. The van der Waals surface area contributed by atoms with Gasteiger partial charge in [0, 0.05) is 25.2 Å². The summed E-state index contributed by atoms with van der Waals surface area (Å²) in [5, 5.41) is -0.154. The molecule has 1 saturated heterocycles. The monoisotopic (exact) mass is 348 g/mol. The fourth-order valence-electron chi connectivity index (χ4n) is 3.03. The molecule has 1 unspecified atom stereocenters. The van der Waals surface area contributed by atoms with Crippen molar-refractivity contribution in [3.8, 4) is 0 Å². The van der Waals surface area contributed by atoms with Crippen LogP contribution in [0.5, 0.6) is 0 Å². The Balaban J connectivity index is 1.62. The molecule has 23 heavy (non-hydrogen) atoms. The molecule has 4 rings (SSSR count). The van der Waals surface area contributed by atoms with Gasteiger partial charge in [0.15, 0.2) is 10.6 Å². The van der Waals surface area contributed by atoms with Crippen molar-refractivity contribution in [2.45, 2.75) is 11.8 Å². The Kier molecular flexibility index (Phi) is 3.97. The fraction of sp³-hybridized carbons (Fsp3) is 0.375. The summed E-state index contributed by atoms with van der Waals surface area (Å²) in [7, 11) is 0. The Hall–Kier alpha value is -1.63. The van der Waals surface area contributed by atoms with Crippen molar-refractivity contribution in [1.82, 2.24) is 9.97 Å². The molecule has 0 spiro atoms. The van der Waals surface area contributed by atoms with Gasteiger partial charge in [-0.25, -0.2) is 4.99 Å². The molecule has 2 aromatic rings. The number of morpholine rings is 1. The second-order valence-electron chi connectivity index (χ2n) is 5.72. The smallest absolute Gasteiger partial charge is 0.176 e. The van der Waals surface area contributed by atoms with Crippen LogP contribution in [0, 0.1) is 4.77 Å². The van der Waals surface area contributed by atoms with E-state index >= 15 is 0 Å². The number of benzene rings is 1. The third-order valence-corrected chi connectivity index (χ3v) is 4.80. The summed E-state index contributed by atoms with van der Waals surface area (Å²) in [5.74, 6) is 0.791. The van der Waals surface area contributed by atoms with Crippen molar-refractivity contribution in [2.75, 3.05) is 31.2 Å². The molecular weight excluding hydrogens is 332 g/mol. The van der Waals surface area contributed by atoms with Crippen LogP contribution in [0.2, 0.25) is 0 Å². The van der Waals surface area contributed by atoms with Gasteiger partial charge in [0.2, 0.25) is 0 Å². The van der Waals surface area contributed by atoms with Crippen LogP contribution in [-0.2, 0) is 11.2 Å². The van der Waals surface area contributed by atoms with Gasteiger partial charge >= 0.3 is 0 Å². The maximum atomic E-state index is 6.52. The van der Waals surface area contributed by atoms with Gasteiger partial charge in [-0.05, 0) is 29.9 Å². The normalized spacial score (nSPS) is 21.0. The fourth-order valence-corrected chi connectivity index (χ4v) is 3.58. The zero-order valence-corrected chi connectivity index (χ0v) is 14.1. The van der Waals surface area contributed by atoms with E-state index in [1.165, 1.54) is 5.69 Å². The number of H-pyrrole nitrogens is 2. The third-order valence-electron chi connectivity index (χ3n) is 4.23. The van der Waals surface area contributed by atoms with Crippen LogP contribution in [0.4, 0.5) is 11.5 Å². The summed E-state index contributed by atoms with van der Waals surface area (Å²) in [6.07, 6.45) is 0.702. The first-order chi connectivity index (χ1) is 11.2. The summed E-state index contributed by atoms with van der Waals surface area (Å²) >= 11 is 11.6. The summed E-state index contributed by atoms with van der Waals surface area (Å²) < 4.78 is 5.99. The Labute approximate surface area is 144 Å². The molecule has 2 aliphatic heterocycles. The lowest BCUT2D eigenvalue weighted by Crippen LogP contribution is -2.36. The first-order valence-electron chi connectivity index (χ1n) is 7.67. The molecule has 1 aromatic carbocycles. The molecule has 2 aliphatic rings. The lowest BCUT2D eigenvalue weighted by Gasteiger charge is -2.29. The highest BCUT2D eigenvalue weighted by molar-refractivity contribution is 7.71. The number of hydrogen-bond acceptors (Lipinski definition) is 4. The average molecular weight is 349 g/mol. The van der Waals surface area contributed by atoms with E-state index in [0.29, 0.717) is 11.2 Å². The van der Waals surface area contributed by atoms with Crippen LogP contribution in [-0.4, -0.2) is 47.4 Å². The summed E-state index contributed by atoms with van der Waals surface area (Å²) in [4.78, 5) is 13.2. The zero-order valence-electron chi connectivity index (χ0n) is 12.5. The number of nitrogens with one attached hydrogen (secondary N) is 2. The highest BCUT2D eigenvalue weighted by Crippen LogP contribution is 2.28.